The minimum absolute atomic E-state index is 0.182. The largest absolute Gasteiger partial charge is 0.377 e. The Labute approximate surface area is 86.0 Å². The lowest BCUT2D eigenvalue weighted by atomic mass is 10.3. The van der Waals surface area contributed by atoms with Gasteiger partial charge in [-0.2, -0.15) is 0 Å². The van der Waals surface area contributed by atoms with Crippen molar-refractivity contribution >= 4 is 0 Å². The summed E-state index contributed by atoms with van der Waals surface area (Å²) < 4.78 is 16.3. The molecule has 0 aromatic carbocycles. The summed E-state index contributed by atoms with van der Waals surface area (Å²) in [4.78, 5) is 0. The van der Waals surface area contributed by atoms with E-state index in [0.717, 1.165) is 13.0 Å². The maximum atomic E-state index is 5.52. The van der Waals surface area contributed by atoms with Crippen molar-refractivity contribution in [1.29, 1.82) is 0 Å². The number of ether oxygens (including phenoxy) is 3. The molecule has 0 aromatic rings. The molecule has 1 aliphatic heterocycles. The van der Waals surface area contributed by atoms with Crippen LogP contribution in [0.1, 0.15) is 27.2 Å². The van der Waals surface area contributed by atoms with Crippen LogP contribution in [0.25, 0.3) is 0 Å². The van der Waals surface area contributed by atoms with Gasteiger partial charge in [-0.15, -0.1) is 0 Å². The summed E-state index contributed by atoms with van der Waals surface area (Å²) in [7, 11) is 0. The number of hydrogen-bond donors (Lipinski definition) is 0. The maximum Gasteiger partial charge on any atom is 0.177 e. The second-order valence-electron chi connectivity index (χ2n) is 3.55. The van der Waals surface area contributed by atoms with E-state index in [1.165, 1.54) is 0 Å². The number of rotatable bonds is 5. The van der Waals surface area contributed by atoms with Crippen LogP contribution in [0.15, 0.2) is 12.2 Å². The molecule has 2 atom stereocenters. The van der Waals surface area contributed by atoms with E-state index in [4.69, 9.17) is 14.2 Å². The van der Waals surface area contributed by atoms with Gasteiger partial charge in [0.2, 0.25) is 0 Å². The molecule has 14 heavy (non-hydrogen) atoms. The van der Waals surface area contributed by atoms with Crippen LogP contribution in [0, 0.1) is 0 Å². The summed E-state index contributed by atoms with van der Waals surface area (Å²) in [6.07, 6.45) is 5.09. The van der Waals surface area contributed by atoms with E-state index >= 15 is 0 Å². The summed E-state index contributed by atoms with van der Waals surface area (Å²) in [6.45, 7) is 7.58. The van der Waals surface area contributed by atoms with Crippen molar-refractivity contribution in [2.24, 2.45) is 0 Å². The highest BCUT2D eigenvalue weighted by atomic mass is 16.7. The second-order valence-corrected chi connectivity index (χ2v) is 3.55. The monoisotopic (exact) mass is 200 g/mol. The van der Waals surface area contributed by atoms with Gasteiger partial charge in [0, 0.05) is 6.61 Å². The fourth-order valence-corrected chi connectivity index (χ4v) is 1.23. The van der Waals surface area contributed by atoms with E-state index in [-0.39, 0.29) is 18.5 Å². The van der Waals surface area contributed by atoms with E-state index in [2.05, 4.69) is 6.92 Å². The Bertz CT molecular complexity index is 169. The Morgan fingerprint density at radius 3 is 2.43 bits per heavy atom. The van der Waals surface area contributed by atoms with E-state index in [1.54, 1.807) is 0 Å². The third-order valence-electron chi connectivity index (χ3n) is 2.21. The van der Waals surface area contributed by atoms with Gasteiger partial charge in [-0.05, 0) is 26.3 Å². The Hall–Kier alpha value is -0.380. The van der Waals surface area contributed by atoms with Crippen LogP contribution in [-0.2, 0) is 14.2 Å². The molecule has 0 saturated carbocycles. The third-order valence-corrected chi connectivity index (χ3v) is 2.21. The highest BCUT2D eigenvalue weighted by Gasteiger charge is 2.27. The van der Waals surface area contributed by atoms with Crippen LogP contribution >= 0.6 is 0 Å². The minimum atomic E-state index is -0.190. The lowest BCUT2D eigenvalue weighted by molar-refractivity contribution is -0.0248. The third kappa shape index (κ3) is 3.78. The molecule has 0 aliphatic carbocycles. The van der Waals surface area contributed by atoms with Crippen molar-refractivity contribution in [3.8, 4) is 0 Å². The second kappa shape index (κ2) is 6.17. The molecule has 0 bridgehead atoms. The molecule has 1 saturated heterocycles. The Balaban J connectivity index is 2.12. The standard InChI is InChI=1S/C11H20O3/c1-4-7-12-8-5-6-11-13-9(2)10(3)14-11/h5-6,9-11H,4,7-8H2,1-3H3. The minimum Gasteiger partial charge on any atom is -0.377 e. The fourth-order valence-electron chi connectivity index (χ4n) is 1.23. The van der Waals surface area contributed by atoms with Crippen molar-refractivity contribution in [2.75, 3.05) is 13.2 Å². The predicted octanol–water partition coefficient (Wildman–Crippen LogP) is 2.12. The number of hydrogen-bond acceptors (Lipinski definition) is 3. The van der Waals surface area contributed by atoms with Gasteiger partial charge >= 0.3 is 0 Å². The van der Waals surface area contributed by atoms with Crippen LogP contribution in [0.5, 0.6) is 0 Å². The average molecular weight is 200 g/mol. The van der Waals surface area contributed by atoms with Crippen LogP contribution in [0.4, 0.5) is 0 Å². The molecule has 0 amide bonds. The lowest BCUT2D eigenvalue weighted by Gasteiger charge is -2.03. The molecule has 0 N–H and O–H groups in total. The molecule has 3 nitrogen and oxygen atoms in total. The molecular formula is C11H20O3. The van der Waals surface area contributed by atoms with Crippen molar-refractivity contribution < 1.29 is 14.2 Å². The molecule has 82 valence electrons. The molecule has 2 unspecified atom stereocenters. The lowest BCUT2D eigenvalue weighted by Crippen LogP contribution is -2.13. The first-order chi connectivity index (χ1) is 6.74. The van der Waals surface area contributed by atoms with Gasteiger partial charge in [0.25, 0.3) is 0 Å². The first-order valence-corrected chi connectivity index (χ1v) is 5.29. The van der Waals surface area contributed by atoms with Gasteiger partial charge in [0.05, 0.1) is 18.8 Å². The van der Waals surface area contributed by atoms with Gasteiger partial charge in [0.15, 0.2) is 6.29 Å². The molecule has 3 heteroatoms. The molecular weight excluding hydrogens is 180 g/mol. The van der Waals surface area contributed by atoms with Gasteiger partial charge in [-0.25, -0.2) is 0 Å². The van der Waals surface area contributed by atoms with Crippen molar-refractivity contribution in [1.82, 2.24) is 0 Å². The predicted molar refractivity (Wildman–Crippen MR) is 55.1 cm³/mol. The molecule has 1 aliphatic rings. The quantitative estimate of drug-likeness (QED) is 0.502. The van der Waals surface area contributed by atoms with E-state index in [9.17, 15) is 0 Å². The summed E-state index contributed by atoms with van der Waals surface area (Å²) >= 11 is 0. The molecule has 1 heterocycles. The molecule has 0 aromatic heterocycles. The average Bonchev–Trinajstić information content (AvgIpc) is 2.46. The highest BCUT2D eigenvalue weighted by Crippen LogP contribution is 2.18. The summed E-state index contributed by atoms with van der Waals surface area (Å²) in [5.74, 6) is 0. The van der Waals surface area contributed by atoms with E-state index < -0.39 is 0 Å². The van der Waals surface area contributed by atoms with Crippen LogP contribution in [-0.4, -0.2) is 31.7 Å². The fraction of sp³-hybridized carbons (Fsp3) is 0.818. The smallest absolute Gasteiger partial charge is 0.177 e. The van der Waals surface area contributed by atoms with Gasteiger partial charge in [-0.3, -0.25) is 0 Å². The first-order valence-electron chi connectivity index (χ1n) is 5.29. The topological polar surface area (TPSA) is 27.7 Å². The Morgan fingerprint density at radius 2 is 1.86 bits per heavy atom. The zero-order valence-corrected chi connectivity index (χ0v) is 9.23. The maximum absolute atomic E-state index is 5.52. The molecule has 1 fully saturated rings. The Morgan fingerprint density at radius 1 is 1.21 bits per heavy atom. The zero-order chi connectivity index (χ0) is 10.4. The first kappa shape index (κ1) is 11.7. The van der Waals surface area contributed by atoms with E-state index in [1.807, 2.05) is 26.0 Å². The molecule has 0 spiro atoms. The SMILES string of the molecule is CCCOCC=CC1OC(C)C(C)O1. The molecule has 0 radical (unpaired) electrons. The Kier molecular flexibility index (Phi) is 5.15. The zero-order valence-electron chi connectivity index (χ0n) is 9.23. The normalized spacial score (nSPS) is 32.9. The van der Waals surface area contributed by atoms with Crippen molar-refractivity contribution in [3.63, 3.8) is 0 Å². The summed E-state index contributed by atoms with van der Waals surface area (Å²) in [5, 5.41) is 0. The van der Waals surface area contributed by atoms with Crippen LogP contribution in [0.3, 0.4) is 0 Å². The summed E-state index contributed by atoms with van der Waals surface area (Å²) in [6, 6.07) is 0. The van der Waals surface area contributed by atoms with Crippen molar-refractivity contribution in [2.45, 2.75) is 45.7 Å². The molecule has 1 rings (SSSR count). The summed E-state index contributed by atoms with van der Waals surface area (Å²) in [5.41, 5.74) is 0. The van der Waals surface area contributed by atoms with Crippen LogP contribution in [0.2, 0.25) is 0 Å². The van der Waals surface area contributed by atoms with Crippen LogP contribution < -0.4 is 0 Å². The van der Waals surface area contributed by atoms with E-state index in [0.29, 0.717) is 6.61 Å². The van der Waals surface area contributed by atoms with Gasteiger partial charge in [-0.1, -0.05) is 13.0 Å². The van der Waals surface area contributed by atoms with Crippen molar-refractivity contribution in [3.05, 3.63) is 12.2 Å². The van der Waals surface area contributed by atoms with Gasteiger partial charge < -0.3 is 14.2 Å². The highest BCUT2D eigenvalue weighted by molar-refractivity contribution is 4.89. The van der Waals surface area contributed by atoms with Gasteiger partial charge in [0.1, 0.15) is 0 Å².